The van der Waals surface area contributed by atoms with E-state index in [0.29, 0.717) is 4.90 Å². The highest BCUT2D eigenvalue weighted by Crippen LogP contribution is 2.24. The lowest BCUT2D eigenvalue weighted by Crippen LogP contribution is -2.02. The molecule has 0 spiro atoms. The quantitative estimate of drug-likeness (QED) is 0.705. The molecule has 4 heteroatoms. The Kier molecular flexibility index (Phi) is 2.92. The lowest BCUT2D eigenvalue weighted by molar-refractivity contribution is -0.0516. The molecule has 0 aliphatic heterocycles. The summed E-state index contributed by atoms with van der Waals surface area (Å²) in [6.45, 7) is -0.940. The Bertz CT molecular complexity index is 276. The van der Waals surface area contributed by atoms with E-state index in [1.807, 2.05) is 6.92 Å². The van der Waals surface area contributed by atoms with E-state index in [4.69, 9.17) is 0 Å². The van der Waals surface area contributed by atoms with Gasteiger partial charge in [-0.3, -0.25) is 0 Å². The van der Waals surface area contributed by atoms with E-state index in [9.17, 15) is 8.78 Å². The van der Waals surface area contributed by atoms with Crippen molar-refractivity contribution in [2.45, 2.75) is 18.4 Å². The largest absolute Gasteiger partial charge is 0.434 e. The summed E-state index contributed by atoms with van der Waals surface area (Å²) in [7, 11) is 0. The molecule has 0 unspecified atom stereocenters. The molecule has 1 rings (SSSR count). The van der Waals surface area contributed by atoms with Crippen molar-refractivity contribution in [1.82, 2.24) is 0 Å². The summed E-state index contributed by atoms with van der Waals surface area (Å²) in [4.78, 5) is 0.426. The second kappa shape index (κ2) is 3.76. The van der Waals surface area contributed by atoms with Crippen molar-refractivity contribution < 1.29 is 13.5 Å². The van der Waals surface area contributed by atoms with Crippen LogP contribution in [0.15, 0.2) is 23.1 Å². The number of rotatable bonds is 2. The van der Waals surface area contributed by atoms with Crippen molar-refractivity contribution in [3.8, 4) is 5.75 Å². The van der Waals surface area contributed by atoms with E-state index >= 15 is 0 Å². The monoisotopic (exact) mass is 190 g/mol. The highest BCUT2D eigenvalue weighted by molar-refractivity contribution is 7.80. The van der Waals surface area contributed by atoms with Crippen molar-refractivity contribution in [2.75, 3.05) is 0 Å². The second-order valence-corrected chi connectivity index (χ2v) is 2.83. The first-order valence-corrected chi connectivity index (χ1v) is 3.79. The molecule has 0 saturated heterocycles. The summed E-state index contributed by atoms with van der Waals surface area (Å²) in [5, 5.41) is 0. The molecule has 1 aromatic carbocycles. The second-order valence-electron chi connectivity index (χ2n) is 2.35. The smallest absolute Gasteiger partial charge is 0.387 e. The van der Waals surface area contributed by atoms with Crippen LogP contribution in [0, 0.1) is 6.92 Å². The molecule has 0 N–H and O–H groups in total. The van der Waals surface area contributed by atoms with Gasteiger partial charge in [-0.2, -0.15) is 8.78 Å². The minimum atomic E-state index is -2.79. The molecule has 12 heavy (non-hydrogen) atoms. The van der Waals surface area contributed by atoms with Gasteiger partial charge in [0.05, 0.1) is 0 Å². The number of hydrogen-bond donors (Lipinski definition) is 1. The summed E-state index contributed by atoms with van der Waals surface area (Å²) in [6.07, 6.45) is 0. The Balaban J connectivity index is 2.86. The maximum absolute atomic E-state index is 11.7. The number of benzene rings is 1. The van der Waals surface area contributed by atoms with Gasteiger partial charge in [0.25, 0.3) is 0 Å². The van der Waals surface area contributed by atoms with Crippen LogP contribution in [-0.2, 0) is 0 Å². The molecular weight excluding hydrogens is 182 g/mol. The van der Waals surface area contributed by atoms with E-state index in [1.165, 1.54) is 6.07 Å². The highest BCUT2D eigenvalue weighted by Gasteiger charge is 2.06. The fraction of sp³-hybridized carbons (Fsp3) is 0.250. The minimum absolute atomic E-state index is 0.110. The van der Waals surface area contributed by atoms with Crippen LogP contribution < -0.4 is 4.74 Å². The zero-order valence-electron chi connectivity index (χ0n) is 6.42. The van der Waals surface area contributed by atoms with Crippen LogP contribution in [0.25, 0.3) is 0 Å². The van der Waals surface area contributed by atoms with E-state index in [-0.39, 0.29) is 5.75 Å². The summed E-state index contributed by atoms with van der Waals surface area (Å²) in [5.41, 5.74) is 0.960. The first-order chi connectivity index (χ1) is 5.59. The van der Waals surface area contributed by atoms with E-state index in [2.05, 4.69) is 17.4 Å². The molecule has 1 aromatic rings. The zero-order valence-corrected chi connectivity index (χ0v) is 7.32. The van der Waals surface area contributed by atoms with Gasteiger partial charge in [-0.15, -0.1) is 12.6 Å². The molecule has 0 aromatic heterocycles. The molecule has 0 aliphatic rings. The first-order valence-electron chi connectivity index (χ1n) is 3.34. The maximum atomic E-state index is 11.7. The van der Waals surface area contributed by atoms with Crippen LogP contribution in [0.5, 0.6) is 5.75 Å². The lowest BCUT2D eigenvalue weighted by Gasteiger charge is -2.06. The van der Waals surface area contributed by atoms with Crippen LogP contribution in [0.3, 0.4) is 0 Å². The van der Waals surface area contributed by atoms with Gasteiger partial charge in [0.2, 0.25) is 0 Å². The lowest BCUT2D eigenvalue weighted by atomic mass is 10.2. The Morgan fingerprint density at radius 1 is 1.42 bits per heavy atom. The third kappa shape index (κ3) is 2.37. The molecule has 0 radical (unpaired) electrons. The molecular formula is C8H8F2OS. The fourth-order valence-electron chi connectivity index (χ4n) is 0.823. The van der Waals surface area contributed by atoms with Gasteiger partial charge >= 0.3 is 6.61 Å². The zero-order chi connectivity index (χ0) is 9.14. The van der Waals surface area contributed by atoms with Crippen molar-refractivity contribution in [3.05, 3.63) is 23.8 Å². The van der Waals surface area contributed by atoms with Gasteiger partial charge in [-0.25, -0.2) is 0 Å². The van der Waals surface area contributed by atoms with Crippen LogP contribution in [0.4, 0.5) is 8.78 Å². The third-order valence-corrected chi connectivity index (χ3v) is 1.68. The topological polar surface area (TPSA) is 9.23 Å². The Hall–Kier alpha value is -0.770. The van der Waals surface area contributed by atoms with Gasteiger partial charge in [0, 0.05) is 4.90 Å². The number of alkyl halides is 2. The van der Waals surface area contributed by atoms with Crippen LogP contribution >= 0.6 is 12.6 Å². The molecule has 0 bridgehead atoms. The minimum Gasteiger partial charge on any atom is -0.434 e. The summed E-state index contributed by atoms with van der Waals surface area (Å²) < 4.78 is 27.7. The molecule has 66 valence electrons. The van der Waals surface area contributed by atoms with Crippen molar-refractivity contribution >= 4 is 12.6 Å². The predicted octanol–water partition coefficient (Wildman–Crippen LogP) is 2.89. The molecule has 1 nitrogen and oxygen atoms in total. The number of halogens is 2. The van der Waals surface area contributed by atoms with E-state index in [0.717, 1.165) is 5.56 Å². The van der Waals surface area contributed by atoms with Crippen LogP contribution in [-0.4, -0.2) is 6.61 Å². The summed E-state index contributed by atoms with van der Waals surface area (Å²) in [6, 6.07) is 4.84. The molecule has 0 atom stereocenters. The van der Waals surface area contributed by atoms with E-state index in [1.54, 1.807) is 12.1 Å². The van der Waals surface area contributed by atoms with Crippen molar-refractivity contribution in [1.29, 1.82) is 0 Å². The van der Waals surface area contributed by atoms with Gasteiger partial charge < -0.3 is 4.74 Å². The standard InChI is InChI=1S/C8H8F2OS/c1-5-2-3-6(7(12)4-5)11-8(9)10/h2-4,8,12H,1H3. The first kappa shape index (κ1) is 9.32. The van der Waals surface area contributed by atoms with Gasteiger partial charge in [0.1, 0.15) is 5.75 Å². The molecule has 0 aliphatic carbocycles. The number of aryl methyl sites for hydroxylation is 1. The van der Waals surface area contributed by atoms with Gasteiger partial charge in [0.15, 0.2) is 0 Å². The average molecular weight is 190 g/mol. The van der Waals surface area contributed by atoms with E-state index < -0.39 is 6.61 Å². The molecule has 0 heterocycles. The fourth-order valence-corrected chi connectivity index (χ4v) is 1.15. The number of thiol groups is 1. The Morgan fingerprint density at radius 3 is 2.58 bits per heavy atom. The predicted molar refractivity (Wildman–Crippen MR) is 45.1 cm³/mol. The Labute approximate surface area is 74.8 Å². The van der Waals surface area contributed by atoms with Crippen molar-refractivity contribution in [3.63, 3.8) is 0 Å². The SMILES string of the molecule is Cc1ccc(OC(F)F)c(S)c1. The van der Waals surface area contributed by atoms with Gasteiger partial charge in [-0.1, -0.05) is 6.07 Å². The number of ether oxygens (including phenoxy) is 1. The number of hydrogen-bond acceptors (Lipinski definition) is 2. The molecule has 0 saturated carbocycles. The maximum Gasteiger partial charge on any atom is 0.387 e. The van der Waals surface area contributed by atoms with Crippen LogP contribution in [0.2, 0.25) is 0 Å². The summed E-state index contributed by atoms with van der Waals surface area (Å²) >= 11 is 3.98. The molecule has 0 fully saturated rings. The average Bonchev–Trinajstić information content (AvgIpc) is 1.94. The third-order valence-electron chi connectivity index (χ3n) is 1.33. The van der Waals surface area contributed by atoms with Crippen molar-refractivity contribution in [2.24, 2.45) is 0 Å². The highest BCUT2D eigenvalue weighted by atomic mass is 32.1. The van der Waals surface area contributed by atoms with Crippen LogP contribution in [0.1, 0.15) is 5.56 Å². The van der Waals surface area contributed by atoms with Gasteiger partial charge in [-0.05, 0) is 24.6 Å². The normalized spacial score (nSPS) is 10.4. The Morgan fingerprint density at radius 2 is 2.08 bits per heavy atom. The summed E-state index contributed by atoms with van der Waals surface area (Å²) in [5.74, 6) is 0.110. The molecule has 0 amide bonds.